The van der Waals surface area contributed by atoms with Gasteiger partial charge in [0.1, 0.15) is 29.1 Å². The van der Waals surface area contributed by atoms with Crippen LogP contribution in [-0.4, -0.2) is 85.3 Å². The van der Waals surface area contributed by atoms with Gasteiger partial charge in [0.25, 0.3) is 5.91 Å². The maximum Gasteiger partial charge on any atom is 0.251 e. The topological polar surface area (TPSA) is 100 Å². The number of amides is 2. The van der Waals surface area contributed by atoms with E-state index in [2.05, 4.69) is 29.4 Å². The van der Waals surface area contributed by atoms with Crippen molar-refractivity contribution < 1.29 is 23.3 Å². The van der Waals surface area contributed by atoms with Crippen LogP contribution >= 0.6 is 0 Å². The molecule has 0 heterocycles. The Bertz CT molecular complexity index is 1030. The summed E-state index contributed by atoms with van der Waals surface area (Å²) in [5, 5.41) is 5.54. The van der Waals surface area contributed by atoms with E-state index in [1.54, 1.807) is 38.4 Å². The zero-order chi connectivity index (χ0) is 27.4. The van der Waals surface area contributed by atoms with Gasteiger partial charge in [-0.2, -0.15) is 0 Å². The smallest absolute Gasteiger partial charge is 0.251 e. The maximum absolute atomic E-state index is 13.0. The number of rotatable bonds is 15. The molecule has 0 aromatic heterocycles. The number of hydrogen-bond donors (Lipinski definition) is 2. The van der Waals surface area contributed by atoms with Crippen LogP contribution in [0.3, 0.4) is 0 Å². The van der Waals surface area contributed by atoms with Crippen LogP contribution in [0.5, 0.6) is 11.5 Å². The van der Waals surface area contributed by atoms with Crippen LogP contribution in [-0.2, 0) is 15.8 Å². The highest BCUT2D eigenvalue weighted by Gasteiger charge is 2.19. The van der Waals surface area contributed by atoms with Crippen LogP contribution in [0.25, 0.3) is 0 Å². The van der Waals surface area contributed by atoms with Crippen LogP contribution in [0, 0.1) is 13.8 Å². The molecular weight excluding hydrogens is 492 g/mol. The SMILES string of the molecule is CCN(CC)CCOc1ccc(C(=O)NCCNC(=O)CN(C)S(=O)c2c(C)cc(OC)cc2C)cc1. The molecule has 204 valence electrons. The molecule has 0 bridgehead atoms. The molecule has 0 saturated carbocycles. The minimum Gasteiger partial charge on any atom is -0.497 e. The first-order chi connectivity index (χ1) is 17.7. The van der Waals surface area contributed by atoms with E-state index in [4.69, 9.17) is 9.47 Å². The molecule has 1 atom stereocenters. The summed E-state index contributed by atoms with van der Waals surface area (Å²) in [6, 6.07) is 10.6. The van der Waals surface area contributed by atoms with Gasteiger partial charge in [0.15, 0.2) is 0 Å². The first-order valence-electron chi connectivity index (χ1n) is 12.5. The predicted octanol–water partition coefficient (Wildman–Crippen LogP) is 2.53. The van der Waals surface area contributed by atoms with E-state index in [9.17, 15) is 13.8 Å². The lowest BCUT2D eigenvalue weighted by atomic mass is 10.1. The second kappa shape index (κ2) is 15.3. The predicted molar refractivity (Wildman–Crippen MR) is 147 cm³/mol. The molecule has 0 spiro atoms. The summed E-state index contributed by atoms with van der Waals surface area (Å²) < 4.78 is 25.5. The summed E-state index contributed by atoms with van der Waals surface area (Å²) in [5.41, 5.74) is 2.19. The molecule has 0 aliphatic rings. The molecule has 0 aliphatic carbocycles. The van der Waals surface area contributed by atoms with Gasteiger partial charge in [-0.25, -0.2) is 8.51 Å². The van der Waals surface area contributed by atoms with Crippen molar-refractivity contribution in [1.82, 2.24) is 19.8 Å². The van der Waals surface area contributed by atoms with E-state index < -0.39 is 11.0 Å². The number of benzene rings is 2. The Morgan fingerprint density at radius 1 is 0.946 bits per heavy atom. The number of carbonyl (C=O) groups excluding carboxylic acids is 2. The van der Waals surface area contributed by atoms with Gasteiger partial charge in [0, 0.05) is 32.2 Å². The Kier molecular flexibility index (Phi) is 12.5. The quantitative estimate of drug-likeness (QED) is 0.342. The van der Waals surface area contributed by atoms with E-state index in [0.717, 1.165) is 36.5 Å². The fourth-order valence-corrected chi connectivity index (χ4v) is 5.01. The van der Waals surface area contributed by atoms with E-state index >= 15 is 0 Å². The van der Waals surface area contributed by atoms with Gasteiger partial charge in [0.2, 0.25) is 5.91 Å². The minimum atomic E-state index is -1.50. The van der Waals surface area contributed by atoms with E-state index in [-0.39, 0.29) is 31.4 Å². The summed E-state index contributed by atoms with van der Waals surface area (Å²) in [6.45, 7) is 11.9. The Labute approximate surface area is 223 Å². The number of likely N-dealkylation sites (N-methyl/N-ethyl adjacent to an activating group) is 2. The average Bonchev–Trinajstić information content (AvgIpc) is 2.88. The molecule has 2 aromatic carbocycles. The van der Waals surface area contributed by atoms with E-state index in [0.29, 0.717) is 22.8 Å². The number of carbonyl (C=O) groups is 2. The van der Waals surface area contributed by atoms with Crippen molar-refractivity contribution >= 4 is 22.8 Å². The van der Waals surface area contributed by atoms with Crippen molar-refractivity contribution in [3.05, 3.63) is 53.1 Å². The molecule has 0 radical (unpaired) electrons. The molecule has 0 fully saturated rings. The lowest BCUT2D eigenvalue weighted by Crippen LogP contribution is -2.40. The molecule has 10 heteroatoms. The Morgan fingerprint density at radius 3 is 2.11 bits per heavy atom. The fraction of sp³-hybridized carbons (Fsp3) is 0.481. The summed E-state index contributed by atoms with van der Waals surface area (Å²) >= 11 is 0. The van der Waals surface area contributed by atoms with Gasteiger partial charge in [-0.3, -0.25) is 9.59 Å². The molecule has 0 aliphatic heterocycles. The number of ether oxygens (including phenoxy) is 2. The number of nitrogens with zero attached hydrogens (tertiary/aromatic N) is 2. The van der Waals surface area contributed by atoms with Gasteiger partial charge in [-0.05, 0) is 74.5 Å². The van der Waals surface area contributed by atoms with Crippen LogP contribution in [0.4, 0.5) is 0 Å². The van der Waals surface area contributed by atoms with Gasteiger partial charge in [-0.1, -0.05) is 13.8 Å². The van der Waals surface area contributed by atoms with Crippen molar-refractivity contribution in [2.75, 3.05) is 60.0 Å². The van der Waals surface area contributed by atoms with Crippen molar-refractivity contribution in [3.63, 3.8) is 0 Å². The molecule has 2 rings (SSSR count). The maximum atomic E-state index is 13.0. The zero-order valence-corrected chi connectivity index (χ0v) is 23.6. The van der Waals surface area contributed by atoms with Crippen LogP contribution < -0.4 is 20.1 Å². The van der Waals surface area contributed by atoms with Gasteiger partial charge < -0.3 is 25.0 Å². The Morgan fingerprint density at radius 2 is 1.54 bits per heavy atom. The highest BCUT2D eigenvalue weighted by Crippen LogP contribution is 2.25. The fourth-order valence-electron chi connectivity index (χ4n) is 3.79. The second-order valence-electron chi connectivity index (χ2n) is 8.63. The normalized spacial score (nSPS) is 11.9. The lowest BCUT2D eigenvalue weighted by molar-refractivity contribution is -0.121. The van der Waals surface area contributed by atoms with Gasteiger partial charge >= 0.3 is 0 Å². The average molecular weight is 533 g/mol. The zero-order valence-electron chi connectivity index (χ0n) is 22.8. The monoisotopic (exact) mass is 532 g/mol. The summed E-state index contributed by atoms with van der Waals surface area (Å²) in [4.78, 5) is 27.7. The Hall–Kier alpha value is -2.95. The van der Waals surface area contributed by atoms with Crippen molar-refractivity contribution in [1.29, 1.82) is 0 Å². The van der Waals surface area contributed by atoms with Crippen molar-refractivity contribution in [3.8, 4) is 11.5 Å². The highest BCUT2D eigenvalue weighted by molar-refractivity contribution is 7.82. The number of aryl methyl sites for hydroxylation is 2. The lowest BCUT2D eigenvalue weighted by Gasteiger charge is -2.19. The minimum absolute atomic E-state index is 0.0405. The molecule has 0 saturated heterocycles. The summed E-state index contributed by atoms with van der Waals surface area (Å²) in [5.74, 6) is 0.915. The molecule has 2 aromatic rings. The number of nitrogens with one attached hydrogen (secondary N) is 2. The molecule has 1 unspecified atom stereocenters. The number of methoxy groups -OCH3 is 1. The van der Waals surface area contributed by atoms with Crippen LogP contribution in [0.1, 0.15) is 35.3 Å². The van der Waals surface area contributed by atoms with Crippen molar-refractivity contribution in [2.45, 2.75) is 32.6 Å². The molecular formula is C27H40N4O5S. The molecule has 2 N–H and O–H groups in total. The summed E-state index contributed by atoms with van der Waals surface area (Å²) in [7, 11) is 1.73. The highest BCUT2D eigenvalue weighted by atomic mass is 32.2. The molecule has 2 amide bonds. The number of hydrogen-bond acceptors (Lipinski definition) is 6. The molecule has 37 heavy (non-hydrogen) atoms. The third-order valence-corrected chi connectivity index (χ3v) is 7.60. The van der Waals surface area contributed by atoms with E-state index in [1.807, 2.05) is 26.0 Å². The van der Waals surface area contributed by atoms with Gasteiger partial charge in [0.05, 0.1) is 18.6 Å². The second-order valence-corrected chi connectivity index (χ2v) is 10.2. The standard InChI is InChI=1S/C27H40N4O5S/c1-7-31(8-2)15-16-36-23-11-9-22(10-12-23)27(33)29-14-13-28-25(32)19-30(5)37(34)26-20(3)17-24(35-6)18-21(26)4/h9-12,17-18H,7-8,13-16,19H2,1-6H3,(H,28,32)(H,29,33). The third-order valence-electron chi connectivity index (χ3n) is 5.91. The van der Waals surface area contributed by atoms with Crippen LogP contribution in [0.2, 0.25) is 0 Å². The van der Waals surface area contributed by atoms with Gasteiger partial charge in [-0.15, -0.1) is 0 Å². The van der Waals surface area contributed by atoms with Crippen LogP contribution in [0.15, 0.2) is 41.3 Å². The van der Waals surface area contributed by atoms with Crippen molar-refractivity contribution in [2.24, 2.45) is 0 Å². The van der Waals surface area contributed by atoms with E-state index in [1.165, 1.54) is 4.31 Å². The summed E-state index contributed by atoms with van der Waals surface area (Å²) in [6.07, 6.45) is 0. The first-order valence-corrected chi connectivity index (χ1v) is 13.6. The molecule has 9 nitrogen and oxygen atoms in total. The first kappa shape index (κ1) is 30.3. The largest absolute Gasteiger partial charge is 0.497 e. The Balaban J connectivity index is 1.73. The third kappa shape index (κ3) is 9.46.